The fourth-order valence-electron chi connectivity index (χ4n) is 1.50. The summed E-state index contributed by atoms with van der Waals surface area (Å²) < 4.78 is 10.6. The van der Waals surface area contributed by atoms with E-state index in [2.05, 4.69) is 13.8 Å². The summed E-state index contributed by atoms with van der Waals surface area (Å²) >= 11 is 1.54. The number of thiophene rings is 1. The van der Waals surface area contributed by atoms with Gasteiger partial charge in [-0.05, 0) is 19.8 Å². The van der Waals surface area contributed by atoms with Crippen LogP contribution in [-0.2, 0) is 6.42 Å². The topological polar surface area (TPSA) is 44.5 Å². The summed E-state index contributed by atoms with van der Waals surface area (Å²) in [5, 5.41) is 1.85. The van der Waals surface area contributed by atoms with Gasteiger partial charge in [-0.15, -0.1) is 0 Å². The van der Waals surface area contributed by atoms with Gasteiger partial charge in [0.1, 0.15) is 0 Å². The molecule has 1 heterocycles. The molecular formula is C11H19NO2S. The molecule has 0 aromatic carbocycles. The summed E-state index contributed by atoms with van der Waals surface area (Å²) in [6.45, 7) is 4.14. The molecule has 86 valence electrons. The fourth-order valence-corrected chi connectivity index (χ4v) is 2.47. The van der Waals surface area contributed by atoms with E-state index in [0.29, 0.717) is 0 Å². The van der Waals surface area contributed by atoms with E-state index in [4.69, 9.17) is 15.2 Å². The van der Waals surface area contributed by atoms with Gasteiger partial charge in [0.15, 0.2) is 10.1 Å². The van der Waals surface area contributed by atoms with Gasteiger partial charge in [-0.1, -0.05) is 18.3 Å². The van der Waals surface area contributed by atoms with E-state index >= 15 is 0 Å². The van der Waals surface area contributed by atoms with E-state index in [1.165, 1.54) is 16.9 Å². The Morgan fingerprint density at radius 2 is 1.87 bits per heavy atom. The molecule has 0 saturated heterocycles. The predicted molar refractivity (Wildman–Crippen MR) is 64.1 cm³/mol. The molecule has 0 unspecified atom stereocenters. The molecule has 1 aromatic rings. The van der Waals surface area contributed by atoms with Crippen molar-refractivity contribution in [2.75, 3.05) is 14.2 Å². The zero-order valence-electron chi connectivity index (χ0n) is 9.79. The standard InChI is InChI=1S/C11H19NO2S/c1-5-8(12)6-9-7(2)10(13-3)15-11(9)14-4/h8H,5-6,12H2,1-4H3/t8-/m1/s1. The van der Waals surface area contributed by atoms with Crippen LogP contribution in [0.4, 0.5) is 0 Å². The van der Waals surface area contributed by atoms with Gasteiger partial charge in [0, 0.05) is 17.2 Å². The third-order valence-electron chi connectivity index (χ3n) is 2.55. The van der Waals surface area contributed by atoms with E-state index in [1.807, 2.05) is 0 Å². The molecule has 1 aromatic heterocycles. The van der Waals surface area contributed by atoms with Gasteiger partial charge in [-0.2, -0.15) is 0 Å². The molecular weight excluding hydrogens is 210 g/mol. The fraction of sp³-hybridized carbons (Fsp3) is 0.636. The normalized spacial score (nSPS) is 12.6. The zero-order chi connectivity index (χ0) is 11.4. The summed E-state index contributed by atoms with van der Waals surface area (Å²) in [5.41, 5.74) is 8.30. The smallest absolute Gasteiger partial charge is 0.180 e. The first-order chi connectivity index (χ1) is 7.13. The van der Waals surface area contributed by atoms with Crippen molar-refractivity contribution in [1.82, 2.24) is 0 Å². The summed E-state index contributed by atoms with van der Waals surface area (Å²) in [6, 6.07) is 0.192. The number of hydrogen-bond donors (Lipinski definition) is 1. The number of hydrogen-bond acceptors (Lipinski definition) is 4. The number of ether oxygens (including phenoxy) is 2. The first kappa shape index (κ1) is 12.3. The second kappa shape index (κ2) is 5.37. The van der Waals surface area contributed by atoms with Gasteiger partial charge in [0.25, 0.3) is 0 Å². The number of methoxy groups -OCH3 is 2. The van der Waals surface area contributed by atoms with Crippen LogP contribution >= 0.6 is 11.3 Å². The molecule has 0 aliphatic carbocycles. The van der Waals surface area contributed by atoms with Gasteiger partial charge in [0.2, 0.25) is 0 Å². The van der Waals surface area contributed by atoms with Crippen molar-refractivity contribution in [1.29, 1.82) is 0 Å². The Kier molecular flexibility index (Phi) is 4.42. The molecule has 15 heavy (non-hydrogen) atoms. The molecule has 0 saturated carbocycles. The van der Waals surface area contributed by atoms with Crippen LogP contribution < -0.4 is 15.2 Å². The van der Waals surface area contributed by atoms with Crippen LogP contribution in [0.3, 0.4) is 0 Å². The van der Waals surface area contributed by atoms with Crippen LogP contribution in [-0.4, -0.2) is 20.3 Å². The Bertz CT molecular complexity index is 323. The van der Waals surface area contributed by atoms with E-state index in [1.54, 1.807) is 14.2 Å². The summed E-state index contributed by atoms with van der Waals surface area (Å²) in [4.78, 5) is 0. The SMILES string of the molecule is CC[C@@H](N)Cc1c(OC)sc(OC)c1C. The van der Waals surface area contributed by atoms with Gasteiger partial charge >= 0.3 is 0 Å². The van der Waals surface area contributed by atoms with E-state index in [-0.39, 0.29) is 6.04 Å². The molecule has 4 heteroatoms. The highest BCUT2D eigenvalue weighted by Crippen LogP contribution is 2.40. The van der Waals surface area contributed by atoms with Crippen molar-refractivity contribution in [3.05, 3.63) is 11.1 Å². The minimum absolute atomic E-state index is 0.192. The Morgan fingerprint density at radius 1 is 1.27 bits per heavy atom. The van der Waals surface area contributed by atoms with Crippen LogP contribution in [0.1, 0.15) is 24.5 Å². The van der Waals surface area contributed by atoms with Crippen molar-refractivity contribution >= 4 is 11.3 Å². The molecule has 0 spiro atoms. The first-order valence-corrected chi connectivity index (χ1v) is 5.91. The van der Waals surface area contributed by atoms with Crippen LogP contribution in [0.2, 0.25) is 0 Å². The van der Waals surface area contributed by atoms with E-state index < -0.39 is 0 Å². The first-order valence-electron chi connectivity index (χ1n) is 5.09. The Balaban J connectivity index is 2.97. The molecule has 2 N–H and O–H groups in total. The highest BCUT2D eigenvalue weighted by molar-refractivity contribution is 7.16. The minimum Gasteiger partial charge on any atom is -0.487 e. The van der Waals surface area contributed by atoms with Crippen molar-refractivity contribution in [3.8, 4) is 10.1 Å². The maximum absolute atomic E-state index is 5.96. The average molecular weight is 229 g/mol. The third kappa shape index (κ3) is 2.63. The second-order valence-electron chi connectivity index (χ2n) is 3.56. The van der Waals surface area contributed by atoms with Gasteiger partial charge in [-0.3, -0.25) is 0 Å². The molecule has 3 nitrogen and oxygen atoms in total. The quantitative estimate of drug-likeness (QED) is 0.843. The number of nitrogens with two attached hydrogens (primary N) is 1. The highest BCUT2D eigenvalue weighted by atomic mass is 32.1. The van der Waals surface area contributed by atoms with Gasteiger partial charge < -0.3 is 15.2 Å². The van der Waals surface area contributed by atoms with Crippen LogP contribution in [0.25, 0.3) is 0 Å². The zero-order valence-corrected chi connectivity index (χ0v) is 10.6. The molecule has 0 aliphatic heterocycles. The lowest BCUT2D eigenvalue weighted by atomic mass is 10.0. The Hall–Kier alpha value is -0.740. The van der Waals surface area contributed by atoms with E-state index in [0.717, 1.165) is 28.5 Å². The predicted octanol–water partition coefficient (Wildman–Crippen LogP) is 2.35. The Morgan fingerprint density at radius 3 is 2.33 bits per heavy atom. The molecule has 0 bridgehead atoms. The molecule has 1 atom stereocenters. The largest absolute Gasteiger partial charge is 0.487 e. The lowest BCUT2D eigenvalue weighted by molar-refractivity contribution is 0.420. The lowest BCUT2D eigenvalue weighted by Crippen LogP contribution is -2.21. The van der Waals surface area contributed by atoms with Crippen LogP contribution in [0, 0.1) is 6.92 Å². The molecule has 0 radical (unpaired) electrons. The maximum Gasteiger partial charge on any atom is 0.180 e. The van der Waals surface area contributed by atoms with Crippen molar-refractivity contribution in [3.63, 3.8) is 0 Å². The van der Waals surface area contributed by atoms with E-state index in [9.17, 15) is 0 Å². The van der Waals surface area contributed by atoms with Gasteiger partial charge in [0.05, 0.1) is 14.2 Å². The molecule has 0 fully saturated rings. The molecule has 0 aliphatic rings. The van der Waals surface area contributed by atoms with Gasteiger partial charge in [-0.25, -0.2) is 0 Å². The molecule has 1 rings (SSSR count). The summed E-state index contributed by atoms with van der Waals surface area (Å²) in [7, 11) is 3.37. The van der Waals surface area contributed by atoms with Crippen molar-refractivity contribution in [2.24, 2.45) is 5.73 Å². The maximum atomic E-state index is 5.96. The van der Waals surface area contributed by atoms with Crippen molar-refractivity contribution in [2.45, 2.75) is 32.7 Å². The van der Waals surface area contributed by atoms with Crippen LogP contribution in [0.5, 0.6) is 10.1 Å². The third-order valence-corrected chi connectivity index (χ3v) is 3.81. The Labute approximate surface area is 95.2 Å². The summed E-state index contributed by atoms with van der Waals surface area (Å²) in [6.07, 6.45) is 1.83. The molecule has 0 amide bonds. The monoisotopic (exact) mass is 229 g/mol. The second-order valence-corrected chi connectivity index (χ2v) is 4.51. The lowest BCUT2D eigenvalue weighted by Gasteiger charge is -2.09. The summed E-state index contributed by atoms with van der Waals surface area (Å²) in [5.74, 6) is 0. The van der Waals surface area contributed by atoms with Crippen LogP contribution in [0.15, 0.2) is 0 Å². The number of rotatable bonds is 5. The highest BCUT2D eigenvalue weighted by Gasteiger charge is 2.17. The average Bonchev–Trinajstić information content (AvgIpc) is 2.55. The minimum atomic E-state index is 0.192. The van der Waals surface area contributed by atoms with Crippen molar-refractivity contribution < 1.29 is 9.47 Å².